The topological polar surface area (TPSA) is 12.9 Å². The Bertz CT molecular complexity index is 614. The fourth-order valence-electron chi connectivity index (χ4n) is 2.00. The maximum atomic E-state index is 4.17. The molecule has 0 saturated carbocycles. The van der Waals surface area contributed by atoms with Crippen molar-refractivity contribution in [3.05, 3.63) is 60.8 Å². The quantitative estimate of drug-likeness (QED) is 0.591. The van der Waals surface area contributed by atoms with Crippen molar-refractivity contribution in [2.75, 3.05) is 0 Å². The van der Waals surface area contributed by atoms with Gasteiger partial charge >= 0.3 is 94.5 Å². The van der Waals surface area contributed by atoms with Gasteiger partial charge in [0.05, 0.1) is 0 Å². The molecule has 16 heavy (non-hydrogen) atoms. The molecule has 0 N–H and O–H groups in total. The number of aromatic nitrogens is 1. The van der Waals surface area contributed by atoms with Crippen molar-refractivity contribution in [1.29, 1.82) is 0 Å². The van der Waals surface area contributed by atoms with Gasteiger partial charge in [-0.15, -0.1) is 0 Å². The Morgan fingerprint density at radius 1 is 0.938 bits per heavy atom. The number of nitrogens with zero attached hydrogens (tertiary/aromatic N) is 1. The van der Waals surface area contributed by atoms with E-state index in [1.54, 1.807) is 6.20 Å². The van der Waals surface area contributed by atoms with Crippen LogP contribution in [-0.2, 0) is 0 Å². The van der Waals surface area contributed by atoms with Crippen LogP contribution in [0.25, 0.3) is 21.8 Å². The molecular weight excluding hydrogens is 193 g/mol. The summed E-state index contributed by atoms with van der Waals surface area (Å²) < 4.78 is 0. The summed E-state index contributed by atoms with van der Waals surface area (Å²) in [6, 6.07) is 14.8. The minimum absolute atomic E-state index is 1.17. The third-order valence-corrected chi connectivity index (χ3v) is 2.76. The van der Waals surface area contributed by atoms with Gasteiger partial charge in [-0.25, -0.2) is 0 Å². The Kier molecular flexibility index (Phi) is 2.26. The van der Waals surface area contributed by atoms with Gasteiger partial charge in [-0.05, 0) is 0 Å². The molecule has 1 heterocycles. The summed E-state index contributed by atoms with van der Waals surface area (Å²) in [4.78, 5) is 4.17. The molecule has 3 aromatic rings. The Morgan fingerprint density at radius 3 is 2.69 bits per heavy atom. The first-order chi connectivity index (χ1) is 7.95. The maximum absolute atomic E-state index is 4.17. The molecule has 0 aliphatic rings. The third kappa shape index (κ3) is 1.52. The van der Waals surface area contributed by atoms with Crippen LogP contribution in [0.5, 0.6) is 0 Å². The van der Waals surface area contributed by atoms with Crippen LogP contribution in [-0.4, -0.2) is 11.9 Å². The van der Waals surface area contributed by atoms with E-state index in [4.69, 9.17) is 0 Å². The average molecular weight is 203 g/mol. The number of hydrogen-bond donors (Lipinski definition) is 0. The van der Waals surface area contributed by atoms with E-state index in [-0.39, 0.29) is 0 Å². The molecule has 0 aliphatic carbocycles. The third-order valence-electron chi connectivity index (χ3n) is 2.76. The van der Waals surface area contributed by atoms with Crippen molar-refractivity contribution in [3.63, 3.8) is 0 Å². The zero-order valence-corrected chi connectivity index (χ0v) is 8.80. The molecular formula is C14H10BN. The summed E-state index contributed by atoms with van der Waals surface area (Å²) in [5.41, 5.74) is 2.41. The van der Waals surface area contributed by atoms with E-state index in [2.05, 4.69) is 54.4 Å². The first-order valence-electron chi connectivity index (χ1n) is 5.33. The van der Waals surface area contributed by atoms with Crippen molar-refractivity contribution in [2.45, 2.75) is 0 Å². The van der Waals surface area contributed by atoms with Crippen LogP contribution in [0.2, 0.25) is 0 Å². The van der Waals surface area contributed by atoms with Crippen molar-refractivity contribution < 1.29 is 0 Å². The van der Waals surface area contributed by atoms with Gasteiger partial charge in [0.15, 0.2) is 0 Å². The van der Waals surface area contributed by atoms with E-state index >= 15 is 0 Å². The van der Waals surface area contributed by atoms with E-state index in [0.29, 0.717) is 0 Å². The molecule has 0 fully saturated rings. The van der Waals surface area contributed by atoms with Crippen LogP contribution in [0, 0.1) is 0 Å². The molecule has 3 rings (SSSR count). The van der Waals surface area contributed by atoms with E-state index in [9.17, 15) is 0 Å². The fraction of sp³-hybridized carbons (Fsp3) is 0. The molecule has 0 bridgehead atoms. The summed E-state index contributed by atoms with van der Waals surface area (Å²) in [6.07, 6.45) is 3.70. The molecule has 0 radical (unpaired) electrons. The summed E-state index contributed by atoms with van der Waals surface area (Å²) in [7, 11) is 0. The molecule has 0 amide bonds. The molecule has 0 saturated heterocycles. The molecule has 0 atom stereocenters. The van der Waals surface area contributed by atoms with E-state index in [1.165, 1.54) is 21.8 Å². The van der Waals surface area contributed by atoms with Gasteiger partial charge in [0, 0.05) is 0 Å². The van der Waals surface area contributed by atoms with Gasteiger partial charge in [-0.2, -0.15) is 0 Å². The summed E-state index contributed by atoms with van der Waals surface area (Å²) >= 11 is 0. The van der Waals surface area contributed by atoms with E-state index in [0.717, 1.165) is 0 Å². The van der Waals surface area contributed by atoms with Crippen LogP contribution in [0.3, 0.4) is 0 Å². The number of benzene rings is 2. The van der Waals surface area contributed by atoms with Gasteiger partial charge in [0.25, 0.3) is 0 Å². The molecule has 1 aromatic heterocycles. The second kappa shape index (κ2) is 3.89. The Labute approximate surface area is 95.0 Å². The van der Waals surface area contributed by atoms with Gasteiger partial charge < -0.3 is 0 Å². The van der Waals surface area contributed by atoms with Crippen molar-refractivity contribution in [3.8, 4) is 11.0 Å². The molecule has 2 heteroatoms. The Hall–Kier alpha value is -1.96. The summed E-state index contributed by atoms with van der Waals surface area (Å²) in [5, 5.41) is 2.54. The molecule has 1 nitrogen and oxygen atoms in total. The zero-order chi connectivity index (χ0) is 10.8. The van der Waals surface area contributed by atoms with Gasteiger partial charge in [-0.3, -0.25) is 0 Å². The molecule has 74 valence electrons. The standard InChI is InChI=1S/C14H10BN/c1-2-6-12-11(4-1)5-3-7-13(12)14-10-16-9-8-15-14/h1-10H. The number of rotatable bonds is 1. The van der Waals surface area contributed by atoms with Crippen LogP contribution in [0.15, 0.2) is 60.8 Å². The van der Waals surface area contributed by atoms with Crippen LogP contribution in [0.1, 0.15) is 0 Å². The van der Waals surface area contributed by atoms with Gasteiger partial charge in [0.1, 0.15) is 0 Å². The second-order valence-electron chi connectivity index (χ2n) is 3.77. The summed E-state index contributed by atoms with van der Waals surface area (Å²) in [6.45, 7) is 2.09. The van der Waals surface area contributed by atoms with E-state index < -0.39 is 0 Å². The molecule has 0 spiro atoms. The van der Waals surface area contributed by atoms with Crippen molar-refractivity contribution in [2.24, 2.45) is 0 Å². The SMILES string of the molecule is b1ccncc1-c1cccc2ccccc12. The molecule has 0 aliphatic heterocycles. The van der Waals surface area contributed by atoms with Crippen LogP contribution in [0.4, 0.5) is 0 Å². The zero-order valence-electron chi connectivity index (χ0n) is 8.80. The monoisotopic (exact) mass is 203 g/mol. The Balaban J connectivity index is 2.32. The normalized spacial score (nSPS) is 10.2. The summed E-state index contributed by atoms with van der Waals surface area (Å²) in [5.74, 6) is 1.97. The molecule has 2 aromatic carbocycles. The van der Waals surface area contributed by atoms with Crippen LogP contribution >= 0.6 is 0 Å². The second-order valence-corrected chi connectivity index (χ2v) is 3.77. The van der Waals surface area contributed by atoms with E-state index in [1.807, 2.05) is 12.2 Å². The number of fused-ring (bicyclic) bond motifs is 1. The predicted octanol–water partition coefficient (Wildman–Crippen LogP) is 3.24. The number of hydrogen-bond acceptors (Lipinski definition) is 1. The average Bonchev–Trinajstić information content (AvgIpc) is 2.39. The molecule has 0 unspecified atom stereocenters. The van der Waals surface area contributed by atoms with Gasteiger partial charge in [-0.1, -0.05) is 0 Å². The van der Waals surface area contributed by atoms with Crippen molar-refractivity contribution >= 4 is 17.7 Å². The first kappa shape index (κ1) is 9.28. The van der Waals surface area contributed by atoms with Gasteiger partial charge in [0.2, 0.25) is 0 Å². The minimum atomic E-state index is 1.17. The van der Waals surface area contributed by atoms with Crippen LogP contribution < -0.4 is 0 Å². The fourth-order valence-corrected chi connectivity index (χ4v) is 2.00. The Morgan fingerprint density at radius 2 is 1.81 bits per heavy atom. The predicted molar refractivity (Wildman–Crippen MR) is 68.5 cm³/mol. The van der Waals surface area contributed by atoms with Crippen molar-refractivity contribution in [1.82, 2.24) is 4.98 Å². The first-order valence-corrected chi connectivity index (χ1v) is 5.33.